The number of hydrogen-bond acceptors (Lipinski definition) is 5. The summed E-state index contributed by atoms with van der Waals surface area (Å²) in [5, 5.41) is 19.8. The average molecular weight is 372 g/mol. The first-order valence-electron chi connectivity index (χ1n) is 8.01. The molecule has 8 heteroatoms. The Morgan fingerprint density at radius 1 is 1.12 bits per heavy atom. The SMILES string of the molecule is N#Cc1cccc(NC(=O)CCNCCc2ccc(S(N)(=O)=O)cc2)c1. The monoisotopic (exact) mass is 372 g/mol. The molecule has 0 atom stereocenters. The van der Waals surface area contributed by atoms with E-state index in [-0.39, 0.29) is 10.8 Å². The van der Waals surface area contributed by atoms with Gasteiger partial charge in [-0.2, -0.15) is 5.26 Å². The number of nitrogens with one attached hydrogen (secondary N) is 2. The molecule has 0 fully saturated rings. The molecule has 0 bridgehead atoms. The highest BCUT2D eigenvalue weighted by Crippen LogP contribution is 2.10. The van der Waals surface area contributed by atoms with E-state index in [0.29, 0.717) is 37.2 Å². The summed E-state index contributed by atoms with van der Waals surface area (Å²) in [7, 11) is -3.67. The fourth-order valence-corrected chi connectivity index (χ4v) is 2.81. The number of benzene rings is 2. The standard InChI is InChI=1S/C18H20N4O3S/c19-13-15-2-1-3-16(12-15)22-18(23)9-11-21-10-8-14-4-6-17(7-5-14)26(20,24)25/h1-7,12,21H,8-11H2,(H,22,23)(H2,20,24,25). The van der Waals surface area contributed by atoms with Crippen molar-refractivity contribution in [1.29, 1.82) is 5.26 Å². The van der Waals surface area contributed by atoms with Gasteiger partial charge in [-0.05, 0) is 48.9 Å². The second-order valence-electron chi connectivity index (χ2n) is 5.68. The number of hydrogen-bond donors (Lipinski definition) is 3. The topological polar surface area (TPSA) is 125 Å². The molecule has 2 rings (SSSR count). The van der Waals surface area contributed by atoms with Crippen LogP contribution in [0.2, 0.25) is 0 Å². The van der Waals surface area contributed by atoms with Crippen LogP contribution in [0.1, 0.15) is 17.5 Å². The van der Waals surface area contributed by atoms with E-state index in [9.17, 15) is 13.2 Å². The van der Waals surface area contributed by atoms with Crippen LogP contribution in [0.4, 0.5) is 5.69 Å². The second kappa shape index (κ2) is 9.10. The van der Waals surface area contributed by atoms with Gasteiger partial charge in [0, 0.05) is 18.7 Å². The van der Waals surface area contributed by atoms with Crippen LogP contribution in [-0.2, 0) is 21.2 Å². The van der Waals surface area contributed by atoms with Gasteiger partial charge in [0.2, 0.25) is 15.9 Å². The van der Waals surface area contributed by atoms with Gasteiger partial charge < -0.3 is 10.6 Å². The van der Waals surface area contributed by atoms with E-state index in [1.54, 1.807) is 36.4 Å². The first-order valence-corrected chi connectivity index (χ1v) is 9.55. The van der Waals surface area contributed by atoms with Gasteiger partial charge in [0.25, 0.3) is 0 Å². The van der Waals surface area contributed by atoms with Gasteiger partial charge in [0.05, 0.1) is 16.5 Å². The number of rotatable bonds is 8. The van der Waals surface area contributed by atoms with E-state index in [2.05, 4.69) is 10.6 Å². The fourth-order valence-electron chi connectivity index (χ4n) is 2.30. The minimum Gasteiger partial charge on any atom is -0.326 e. The maximum Gasteiger partial charge on any atom is 0.238 e. The predicted octanol–water partition coefficient (Wildman–Crippen LogP) is 1.37. The number of nitriles is 1. The normalized spacial score (nSPS) is 10.9. The number of amides is 1. The van der Waals surface area contributed by atoms with Crippen LogP contribution in [-0.4, -0.2) is 27.4 Å². The predicted molar refractivity (Wildman–Crippen MR) is 98.8 cm³/mol. The molecule has 2 aromatic carbocycles. The van der Waals surface area contributed by atoms with Crippen molar-refractivity contribution in [2.24, 2.45) is 5.14 Å². The van der Waals surface area contributed by atoms with Gasteiger partial charge in [-0.15, -0.1) is 0 Å². The van der Waals surface area contributed by atoms with Crippen molar-refractivity contribution in [3.8, 4) is 6.07 Å². The van der Waals surface area contributed by atoms with E-state index in [4.69, 9.17) is 10.4 Å². The molecule has 0 saturated carbocycles. The van der Waals surface area contributed by atoms with Crippen molar-refractivity contribution in [3.05, 3.63) is 59.7 Å². The highest BCUT2D eigenvalue weighted by Gasteiger charge is 2.06. The highest BCUT2D eigenvalue weighted by molar-refractivity contribution is 7.89. The van der Waals surface area contributed by atoms with Gasteiger partial charge in [-0.3, -0.25) is 4.79 Å². The minimum absolute atomic E-state index is 0.0892. The third-order valence-corrected chi connectivity index (χ3v) is 4.58. The molecule has 0 saturated heterocycles. The molecule has 0 heterocycles. The maximum atomic E-state index is 11.9. The summed E-state index contributed by atoms with van der Waals surface area (Å²) in [4.78, 5) is 12.0. The fraction of sp³-hybridized carbons (Fsp3) is 0.222. The molecule has 0 aliphatic rings. The van der Waals surface area contributed by atoms with Gasteiger partial charge in [0.1, 0.15) is 0 Å². The molecule has 0 unspecified atom stereocenters. The van der Waals surface area contributed by atoms with Crippen LogP contribution in [0, 0.1) is 11.3 Å². The van der Waals surface area contributed by atoms with Crippen LogP contribution in [0.15, 0.2) is 53.4 Å². The number of nitrogens with two attached hydrogens (primary N) is 1. The van der Waals surface area contributed by atoms with Crippen molar-refractivity contribution in [2.45, 2.75) is 17.7 Å². The van der Waals surface area contributed by atoms with E-state index >= 15 is 0 Å². The lowest BCUT2D eigenvalue weighted by Crippen LogP contribution is -2.23. The van der Waals surface area contributed by atoms with Crippen molar-refractivity contribution < 1.29 is 13.2 Å². The van der Waals surface area contributed by atoms with Crippen LogP contribution >= 0.6 is 0 Å². The molecule has 26 heavy (non-hydrogen) atoms. The molecule has 7 nitrogen and oxygen atoms in total. The number of carbonyl (C=O) groups is 1. The number of nitrogens with zero attached hydrogens (tertiary/aromatic N) is 1. The van der Waals surface area contributed by atoms with Crippen LogP contribution in [0.5, 0.6) is 0 Å². The molecular formula is C18H20N4O3S. The van der Waals surface area contributed by atoms with Gasteiger partial charge >= 0.3 is 0 Å². The lowest BCUT2D eigenvalue weighted by atomic mass is 10.1. The van der Waals surface area contributed by atoms with E-state index in [1.165, 1.54) is 12.1 Å². The molecular weight excluding hydrogens is 352 g/mol. The largest absolute Gasteiger partial charge is 0.326 e. The Morgan fingerprint density at radius 3 is 2.50 bits per heavy atom. The summed E-state index contributed by atoms with van der Waals surface area (Å²) in [6.07, 6.45) is 1.01. The van der Waals surface area contributed by atoms with E-state index in [0.717, 1.165) is 5.56 Å². The van der Waals surface area contributed by atoms with E-state index < -0.39 is 10.0 Å². The van der Waals surface area contributed by atoms with Crippen molar-refractivity contribution in [3.63, 3.8) is 0 Å². The van der Waals surface area contributed by atoms with Crippen molar-refractivity contribution in [1.82, 2.24) is 5.32 Å². The Morgan fingerprint density at radius 2 is 1.85 bits per heavy atom. The third kappa shape index (κ3) is 6.29. The van der Waals surface area contributed by atoms with Gasteiger partial charge in [-0.25, -0.2) is 13.6 Å². The molecule has 1 amide bonds. The average Bonchev–Trinajstić information content (AvgIpc) is 2.61. The Hall–Kier alpha value is -2.73. The number of carbonyl (C=O) groups excluding carboxylic acids is 1. The Balaban J connectivity index is 1.68. The van der Waals surface area contributed by atoms with Crippen LogP contribution in [0.25, 0.3) is 0 Å². The van der Waals surface area contributed by atoms with Crippen LogP contribution in [0.3, 0.4) is 0 Å². The third-order valence-electron chi connectivity index (χ3n) is 3.65. The molecule has 4 N–H and O–H groups in total. The Bertz CT molecular complexity index is 903. The molecule has 136 valence electrons. The summed E-state index contributed by atoms with van der Waals surface area (Å²) in [6, 6.07) is 15.2. The quantitative estimate of drug-likeness (QED) is 0.604. The minimum atomic E-state index is -3.67. The zero-order valence-corrected chi connectivity index (χ0v) is 14.9. The van der Waals surface area contributed by atoms with Gasteiger partial charge in [0.15, 0.2) is 0 Å². The molecule has 0 radical (unpaired) electrons. The zero-order chi connectivity index (χ0) is 19.0. The molecule has 0 aliphatic heterocycles. The maximum absolute atomic E-state index is 11.9. The summed E-state index contributed by atoms with van der Waals surface area (Å²) in [5.74, 6) is -0.134. The smallest absolute Gasteiger partial charge is 0.238 e. The number of sulfonamides is 1. The zero-order valence-electron chi connectivity index (χ0n) is 14.1. The lowest BCUT2D eigenvalue weighted by molar-refractivity contribution is -0.116. The first-order chi connectivity index (χ1) is 12.4. The lowest BCUT2D eigenvalue weighted by Gasteiger charge is -2.07. The number of anilines is 1. The number of primary sulfonamides is 1. The summed E-state index contributed by atoms with van der Waals surface area (Å²) in [6.45, 7) is 1.17. The molecule has 0 aromatic heterocycles. The van der Waals surface area contributed by atoms with Crippen LogP contribution < -0.4 is 15.8 Å². The highest BCUT2D eigenvalue weighted by atomic mass is 32.2. The summed E-state index contributed by atoms with van der Waals surface area (Å²) < 4.78 is 22.4. The summed E-state index contributed by atoms with van der Waals surface area (Å²) in [5.41, 5.74) is 2.07. The first kappa shape index (κ1) is 19.6. The van der Waals surface area contributed by atoms with Crippen molar-refractivity contribution in [2.75, 3.05) is 18.4 Å². The van der Waals surface area contributed by atoms with E-state index in [1.807, 2.05) is 6.07 Å². The van der Waals surface area contributed by atoms with Gasteiger partial charge in [-0.1, -0.05) is 18.2 Å². The molecule has 0 aliphatic carbocycles. The molecule has 2 aromatic rings. The Kier molecular flexibility index (Phi) is 6.86. The second-order valence-corrected chi connectivity index (χ2v) is 7.24. The molecule has 0 spiro atoms. The van der Waals surface area contributed by atoms with Crippen molar-refractivity contribution >= 4 is 21.6 Å². The summed E-state index contributed by atoms with van der Waals surface area (Å²) >= 11 is 0. The Labute approximate surface area is 152 Å².